The summed E-state index contributed by atoms with van der Waals surface area (Å²) in [7, 11) is 0. The van der Waals surface area contributed by atoms with Gasteiger partial charge in [-0.3, -0.25) is 4.79 Å². The van der Waals surface area contributed by atoms with Gasteiger partial charge >= 0.3 is 0 Å². The number of amides is 1. The van der Waals surface area contributed by atoms with Crippen molar-refractivity contribution in [1.29, 1.82) is 0 Å². The maximum atomic E-state index is 13.6. The van der Waals surface area contributed by atoms with Crippen LogP contribution >= 0.6 is 23.4 Å². The van der Waals surface area contributed by atoms with Gasteiger partial charge in [-0.1, -0.05) is 35.5 Å². The predicted octanol–water partition coefficient (Wildman–Crippen LogP) is 5.60. The van der Waals surface area contributed by atoms with Crippen LogP contribution in [0.2, 0.25) is 5.02 Å². The molecule has 1 aliphatic heterocycles. The highest BCUT2D eigenvalue weighted by molar-refractivity contribution is 8.00. The fourth-order valence-corrected chi connectivity index (χ4v) is 5.39. The molecule has 0 radical (unpaired) electrons. The topological polar surface area (TPSA) is 76.5 Å². The van der Waals surface area contributed by atoms with Crippen molar-refractivity contribution < 1.29 is 9.21 Å². The molecule has 1 amide bonds. The summed E-state index contributed by atoms with van der Waals surface area (Å²) >= 11 is 7.53. The molecule has 0 spiro atoms. The predicted molar refractivity (Wildman–Crippen MR) is 126 cm³/mol. The second-order valence-corrected chi connectivity index (χ2v) is 10.7. The van der Waals surface area contributed by atoms with Crippen LogP contribution in [0.4, 0.5) is 0 Å². The van der Waals surface area contributed by atoms with Crippen LogP contribution in [-0.4, -0.2) is 36.6 Å². The number of hydrazone groups is 1. The van der Waals surface area contributed by atoms with Crippen LogP contribution in [0.1, 0.15) is 74.2 Å². The molecule has 2 unspecified atom stereocenters. The highest BCUT2D eigenvalue weighted by atomic mass is 35.5. The number of rotatable bonds is 7. The van der Waals surface area contributed by atoms with Gasteiger partial charge in [-0.15, -0.1) is 10.2 Å². The van der Waals surface area contributed by atoms with Gasteiger partial charge in [0.2, 0.25) is 0 Å². The Morgan fingerprint density at radius 1 is 1.15 bits per heavy atom. The van der Waals surface area contributed by atoms with Crippen LogP contribution in [0.5, 0.6) is 0 Å². The van der Waals surface area contributed by atoms with E-state index in [-0.39, 0.29) is 17.2 Å². The minimum Gasteiger partial charge on any atom is -0.467 e. The second kappa shape index (κ2) is 8.33. The molecular weight excluding hydrogens is 458 g/mol. The van der Waals surface area contributed by atoms with Gasteiger partial charge in [-0.2, -0.15) is 5.10 Å². The van der Waals surface area contributed by atoms with Crippen molar-refractivity contribution in [2.45, 2.75) is 67.4 Å². The van der Waals surface area contributed by atoms with E-state index >= 15 is 0 Å². The molecule has 2 fully saturated rings. The lowest BCUT2D eigenvalue weighted by Crippen LogP contribution is -2.33. The van der Waals surface area contributed by atoms with E-state index in [1.165, 1.54) is 24.6 Å². The Bertz CT molecular complexity index is 1200. The van der Waals surface area contributed by atoms with Gasteiger partial charge in [-0.05, 0) is 62.4 Å². The van der Waals surface area contributed by atoms with Crippen molar-refractivity contribution in [2.75, 3.05) is 0 Å². The number of aromatic nitrogens is 3. The van der Waals surface area contributed by atoms with Crippen LogP contribution in [-0.2, 0) is 4.79 Å². The van der Waals surface area contributed by atoms with Gasteiger partial charge in [0.05, 0.1) is 17.2 Å². The molecule has 2 atom stereocenters. The van der Waals surface area contributed by atoms with Crippen LogP contribution in [0.15, 0.2) is 57.3 Å². The van der Waals surface area contributed by atoms with Gasteiger partial charge < -0.3 is 8.98 Å². The van der Waals surface area contributed by atoms with Crippen LogP contribution in [0.3, 0.4) is 0 Å². The first-order valence-electron chi connectivity index (χ1n) is 11.4. The molecule has 1 aromatic carbocycles. The summed E-state index contributed by atoms with van der Waals surface area (Å²) < 4.78 is 7.95. The van der Waals surface area contributed by atoms with E-state index in [1.54, 1.807) is 11.3 Å². The van der Waals surface area contributed by atoms with E-state index in [9.17, 15) is 4.79 Å². The number of thioether (sulfide) groups is 1. The normalized spacial score (nSPS) is 21.3. The summed E-state index contributed by atoms with van der Waals surface area (Å²) in [5.41, 5.74) is 1.80. The summed E-state index contributed by atoms with van der Waals surface area (Å²) in [4.78, 5) is 13.6. The zero-order valence-corrected chi connectivity index (χ0v) is 19.8. The molecular formula is C24H24ClN5O2S. The lowest BCUT2D eigenvalue weighted by molar-refractivity contribution is -0.132. The number of carbonyl (C=O) groups is 1. The smallest absolute Gasteiger partial charge is 0.256 e. The molecule has 6 rings (SSSR count). The zero-order valence-electron chi connectivity index (χ0n) is 18.2. The first kappa shape index (κ1) is 21.0. The Morgan fingerprint density at radius 2 is 1.94 bits per heavy atom. The minimum atomic E-state index is -0.357. The molecule has 3 aromatic rings. The first-order chi connectivity index (χ1) is 16.1. The van der Waals surface area contributed by atoms with E-state index in [0.29, 0.717) is 23.4 Å². The third-order valence-electron chi connectivity index (χ3n) is 6.36. The molecule has 0 N–H and O–H groups in total. The summed E-state index contributed by atoms with van der Waals surface area (Å²) in [6.45, 7) is 1.92. The maximum absolute atomic E-state index is 13.6. The van der Waals surface area contributed by atoms with Gasteiger partial charge in [-0.25, -0.2) is 5.01 Å². The molecule has 2 aliphatic carbocycles. The summed E-state index contributed by atoms with van der Waals surface area (Å²) in [6.07, 6.45) is 6.91. The SMILES string of the molecule is CC(Sc1nnc(C2CC2)n1C1CC1)C(=O)N1N=C(c2ccc(Cl)cc2)CC1c1ccco1. The Balaban J connectivity index is 1.26. The average Bonchev–Trinajstić information content (AvgIpc) is 3.69. The van der Waals surface area contributed by atoms with Gasteiger partial charge in [0.15, 0.2) is 5.16 Å². The summed E-state index contributed by atoms with van der Waals surface area (Å²) in [5.74, 6) is 2.29. The Hall–Kier alpha value is -2.58. The summed E-state index contributed by atoms with van der Waals surface area (Å²) in [6, 6.07) is 11.5. The van der Waals surface area contributed by atoms with E-state index in [0.717, 1.165) is 40.9 Å². The number of halogens is 1. The largest absolute Gasteiger partial charge is 0.467 e. The maximum Gasteiger partial charge on any atom is 0.256 e. The van der Waals surface area contributed by atoms with E-state index in [4.69, 9.17) is 21.1 Å². The van der Waals surface area contributed by atoms with Crippen molar-refractivity contribution in [3.63, 3.8) is 0 Å². The zero-order chi connectivity index (χ0) is 22.5. The van der Waals surface area contributed by atoms with Crippen molar-refractivity contribution in [3.05, 3.63) is 64.8 Å². The van der Waals surface area contributed by atoms with E-state index < -0.39 is 0 Å². The van der Waals surface area contributed by atoms with Crippen molar-refractivity contribution >= 4 is 35.0 Å². The molecule has 3 aliphatic rings. The van der Waals surface area contributed by atoms with Gasteiger partial charge in [0.1, 0.15) is 17.6 Å². The summed E-state index contributed by atoms with van der Waals surface area (Å²) in [5, 5.41) is 16.4. The molecule has 2 aromatic heterocycles. The molecule has 2 saturated carbocycles. The van der Waals surface area contributed by atoms with E-state index in [2.05, 4.69) is 14.8 Å². The number of furan rings is 1. The monoisotopic (exact) mass is 481 g/mol. The van der Waals surface area contributed by atoms with Crippen LogP contribution < -0.4 is 0 Å². The van der Waals surface area contributed by atoms with E-state index in [1.807, 2.05) is 43.3 Å². The molecule has 0 saturated heterocycles. The highest BCUT2D eigenvalue weighted by Gasteiger charge is 2.40. The molecule has 33 heavy (non-hydrogen) atoms. The number of carbonyl (C=O) groups excluding carboxylic acids is 1. The number of benzene rings is 1. The average molecular weight is 482 g/mol. The lowest BCUT2D eigenvalue weighted by atomic mass is 10.0. The van der Waals surface area contributed by atoms with Gasteiger partial charge in [0, 0.05) is 23.4 Å². The van der Waals surface area contributed by atoms with Gasteiger partial charge in [0.25, 0.3) is 5.91 Å². The highest BCUT2D eigenvalue weighted by Crippen LogP contribution is 2.46. The Morgan fingerprint density at radius 3 is 2.61 bits per heavy atom. The fourth-order valence-electron chi connectivity index (χ4n) is 4.29. The quantitative estimate of drug-likeness (QED) is 0.411. The Kier molecular flexibility index (Phi) is 5.30. The number of nitrogens with zero attached hydrogens (tertiary/aromatic N) is 5. The standard InChI is InChI=1S/C24H24ClN5O2S/c1-14(33-24-27-26-22(16-4-5-16)29(24)18-10-11-18)23(31)30-20(21-3-2-12-32-21)13-19(28-30)15-6-8-17(25)9-7-15/h2-3,6-9,12,14,16,18,20H,4-5,10-11,13H2,1H3. The van der Waals surface area contributed by atoms with Crippen LogP contribution in [0.25, 0.3) is 0 Å². The lowest BCUT2D eigenvalue weighted by Gasteiger charge is -2.23. The fraction of sp³-hybridized carbons (Fsp3) is 0.417. The number of hydrogen-bond acceptors (Lipinski definition) is 6. The van der Waals surface area contributed by atoms with Crippen molar-refractivity contribution in [1.82, 2.24) is 19.8 Å². The first-order valence-corrected chi connectivity index (χ1v) is 12.7. The molecule has 9 heteroatoms. The van der Waals surface area contributed by atoms with Crippen LogP contribution in [0, 0.1) is 0 Å². The molecule has 0 bridgehead atoms. The van der Waals surface area contributed by atoms with Crippen molar-refractivity contribution in [3.8, 4) is 0 Å². The third kappa shape index (κ3) is 4.10. The van der Waals surface area contributed by atoms with Crippen molar-refractivity contribution in [2.24, 2.45) is 5.10 Å². The number of hydrogen-bond donors (Lipinski definition) is 0. The molecule has 7 nitrogen and oxygen atoms in total. The molecule has 170 valence electrons. The second-order valence-electron chi connectivity index (χ2n) is 8.95. The minimum absolute atomic E-state index is 0.0660. The molecule has 3 heterocycles. The third-order valence-corrected chi connectivity index (χ3v) is 7.66. The Labute approximate surface area is 201 Å².